The fraction of sp³-hybridized carbons (Fsp3) is 0.727. The molecule has 0 bridgehead atoms. The summed E-state index contributed by atoms with van der Waals surface area (Å²) in [6.45, 7) is 4.10. The fourth-order valence-corrected chi connectivity index (χ4v) is 2.56. The molecule has 0 aliphatic heterocycles. The minimum absolute atomic E-state index is 0.927. The molecule has 0 amide bonds. The maximum atomic E-state index is 4.41. The van der Waals surface area contributed by atoms with Gasteiger partial charge in [0.25, 0.3) is 0 Å². The van der Waals surface area contributed by atoms with Crippen molar-refractivity contribution in [2.45, 2.75) is 39.2 Å². The molecule has 1 aromatic heterocycles. The third-order valence-corrected chi connectivity index (χ3v) is 3.79. The molecule has 4 heteroatoms. The van der Waals surface area contributed by atoms with Crippen molar-refractivity contribution in [3.8, 4) is 0 Å². The van der Waals surface area contributed by atoms with E-state index in [0.717, 1.165) is 18.1 Å². The van der Waals surface area contributed by atoms with Gasteiger partial charge in [-0.05, 0) is 30.7 Å². The molecular formula is C11H19IN2S. The Labute approximate surface area is 110 Å². The Bertz CT molecular complexity index is 263. The molecular weight excluding hydrogens is 319 g/mol. The first-order chi connectivity index (χ1) is 7.33. The van der Waals surface area contributed by atoms with E-state index < -0.39 is 0 Å². The first kappa shape index (κ1) is 13.4. The van der Waals surface area contributed by atoms with Crippen molar-refractivity contribution >= 4 is 33.9 Å². The summed E-state index contributed by atoms with van der Waals surface area (Å²) in [5.41, 5.74) is 1.18. The molecule has 0 aromatic carbocycles. The summed E-state index contributed by atoms with van der Waals surface area (Å²) in [6.07, 6.45) is 5.39. The number of unbranched alkanes of at least 4 members (excludes halogenated alkanes) is 3. The fourth-order valence-electron chi connectivity index (χ4n) is 1.40. The van der Waals surface area contributed by atoms with Gasteiger partial charge >= 0.3 is 0 Å². The second kappa shape index (κ2) is 8.47. The maximum Gasteiger partial charge on any atom is 0.0897 e. The largest absolute Gasteiger partial charge is 0.311 e. The van der Waals surface area contributed by atoms with Gasteiger partial charge in [-0.1, -0.05) is 35.4 Å². The van der Waals surface area contributed by atoms with Gasteiger partial charge in [0.1, 0.15) is 0 Å². The topological polar surface area (TPSA) is 24.9 Å². The molecule has 0 aliphatic rings. The molecule has 15 heavy (non-hydrogen) atoms. The number of hydrogen-bond donors (Lipinski definition) is 1. The van der Waals surface area contributed by atoms with Crippen LogP contribution in [0.3, 0.4) is 0 Å². The van der Waals surface area contributed by atoms with E-state index in [0.29, 0.717) is 0 Å². The molecule has 0 atom stereocenters. The first-order valence-electron chi connectivity index (χ1n) is 5.50. The number of nitrogens with one attached hydrogen (secondary N) is 1. The van der Waals surface area contributed by atoms with Gasteiger partial charge in [0.2, 0.25) is 0 Å². The standard InChI is InChI=1S/C11H19IN2S/c1-10-14-11(9-15-10)8-13-7-5-3-2-4-6-12/h9,13H,2-8H2,1H3. The van der Waals surface area contributed by atoms with Gasteiger partial charge in [-0.2, -0.15) is 0 Å². The Morgan fingerprint density at radius 2 is 2.13 bits per heavy atom. The lowest BCUT2D eigenvalue weighted by Gasteiger charge is -2.02. The Morgan fingerprint density at radius 1 is 1.33 bits per heavy atom. The Kier molecular flexibility index (Phi) is 7.56. The van der Waals surface area contributed by atoms with Crippen LogP contribution in [-0.2, 0) is 6.54 Å². The van der Waals surface area contributed by atoms with Gasteiger partial charge in [0.05, 0.1) is 10.7 Å². The molecule has 0 saturated heterocycles. The molecule has 1 rings (SSSR count). The minimum atomic E-state index is 0.927. The van der Waals surface area contributed by atoms with Gasteiger partial charge in [0.15, 0.2) is 0 Å². The van der Waals surface area contributed by atoms with E-state index in [1.54, 1.807) is 11.3 Å². The van der Waals surface area contributed by atoms with Crippen LogP contribution in [0.2, 0.25) is 0 Å². The van der Waals surface area contributed by atoms with Crippen LogP contribution in [0.25, 0.3) is 0 Å². The van der Waals surface area contributed by atoms with E-state index in [9.17, 15) is 0 Å². The number of halogens is 1. The highest BCUT2D eigenvalue weighted by Crippen LogP contribution is 2.07. The van der Waals surface area contributed by atoms with Crippen molar-refractivity contribution in [2.24, 2.45) is 0 Å². The Hall–Kier alpha value is 0.320. The zero-order valence-electron chi connectivity index (χ0n) is 9.26. The van der Waals surface area contributed by atoms with Crippen molar-refractivity contribution in [2.75, 3.05) is 11.0 Å². The molecule has 1 heterocycles. The number of aromatic nitrogens is 1. The second-order valence-corrected chi connectivity index (χ2v) is 5.78. The maximum absolute atomic E-state index is 4.41. The van der Waals surface area contributed by atoms with Crippen LogP contribution >= 0.6 is 33.9 Å². The third kappa shape index (κ3) is 6.48. The smallest absolute Gasteiger partial charge is 0.0897 e. The average Bonchev–Trinajstić information content (AvgIpc) is 2.63. The Morgan fingerprint density at radius 3 is 2.80 bits per heavy atom. The first-order valence-corrected chi connectivity index (χ1v) is 7.91. The zero-order valence-corrected chi connectivity index (χ0v) is 12.2. The van der Waals surface area contributed by atoms with E-state index in [-0.39, 0.29) is 0 Å². The van der Waals surface area contributed by atoms with Gasteiger partial charge in [-0.15, -0.1) is 11.3 Å². The lowest BCUT2D eigenvalue weighted by molar-refractivity contribution is 0.596. The molecule has 0 fully saturated rings. The van der Waals surface area contributed by atoms with E-state index in [1.165, 1.54) is 35.8 Å². The molecule has 0 spiro atoms. The van der Waals surface area contributed by atoms with Gasteiger partial charge < -0.3 is 5.32 Å². The van der Waals surface area contributed by atoms with E-state index in [2.05, 4.69) is 45.2 Å². The van der Waals surface area contributed by atoms with Gasteiger partial charge in [-0.25, -0.2) is 4.98 Å². The number of nitrogens with zero attached hydrogens (tertiary/aromatic N) is 1. The molecule has 86 valence electrons. The number of thiazole rings is 1. The summed E-state index contributed by atoms with van der Waals surface area (Å²) in [6, 6.07) is 0. The highest BCUT2D eigenvalue weighted by molar-refractivity contribution is 14.1. The molecule has 1 N–H and O–H groups in total. The monoisotopic (exact) mass is 338 g/mol. The summed E-state index contributed by atoms with van der Waals surface area (Å²) in [5.74, 6) is 0. The molecule has 0 unspecified atom stereocenters. The van der Waals surface area contributed by atoms with E-state index >= 15 is 0 Å². The van der Waals surface area contributed by atoms with Crippen LogP contribution in [0.1, 0.15) is 36.4 Å². The molecule has 0 aliphatic carbocycles. The van der Waals surface area contributed by atoms with Crippen LogP contribution in [0.4, 0.5) is 0 Å². The van der Waals surface area contributed by atoms with Crippen molar-refractivity contribution in [1.29, 1.82) is 0 Å². The summed E-state index contributed by atoms with van der Waals surface area (Å²) in [7, 11) is 0. The lowest BCUT2D eigenvalue weighted by atomic mass is 10.2. The number of aryl methyl sites for hydroxylation is 1. The summed E-state index contributed by atoms with van der Waals surface area (Å²) < 4.78 is 1.29. The number of hydrogen-bond acceptors (Lipinski definition) is 3. The lowest BCUT2D eigenvalue weighted by Crippen LogP contribution is -2.14. The summed E-state index contributed by atoms with van der Waals surface area (Å²) in [5, 5.41) is 6.73. The van der Waals surface area contributed by atoms with Crippen LogP contribution in [-0.4, -0.2) is 16.0 Å². The van der Waals surface area contributed by atoms with Crippen molar-refractivity contribution in [3.63, 3.8) is 0 Å². The predicted octanol–water partition coefficient (Wildman–Crippen LogP) is 3.54. The highest BCUT2D eigenvalue weighted by atomic mass is 127. The average molecular weight is 338 g/mol. The SMILES string of the molecule is Cc1nc(CNCCCCCCI)cs1. The van der Waals surface area contributed by atoms with Crippen molar-refractivity contribution in [3.05, 3.63) is 16.1 Å². The van der Waals surface area contributed by atoms with Crippen LogP contribution < -0.4 is 5.32 Å². The predicted molar refractivity (Wildman–Crippen MR) is 75.9 cm³/mol. The number of rotatable bonds is 8. The summed E-state index contributed by atoms with van der Waals surface area (Å²) >= 11 is 4.17. The number of alkyl halides is 1. The quantitative estimate of drug-likeness (QED) is 0.446. The second-order valence-electron chi connectivity index (χ2n) is 3.64. The van der Waals surface area contributed by atoms with E-state index in [4.69, 9.17) is 0 Å². The Balaban J connectivity index is 1.93. The van der Waals surface area contributed by atoms with Crippen molar-refractivity contribution < 1.29 is 0 Å². The molecule has 0 saturated carbocycles. The van der Waals surface area contributed by atoms with Crippen molar-refractivity contribution in [1.82, 2.24) is 10.3 Å². The van der Waals surface area contributed by atoms with Gasteiger partial charge in [0, 0.05) is 11.9 Å². The molecule has 2 nitrogen and oxygen atoms in total. The molecule has 0 radical (unpaired) electrons. The minimum Gasteiger partial charge on any atom is -0.311 e. The zero-order chi connectivity index (χ0) is 10.9. The highest BCUT2D eigenvalue weighted by Gasteiger charge is 1.96. The van der Waals surface area contributed by atoms with E-state index in [1.807, 2.05) is 0 Å². The summed E-state index contributed by atoms with van der Waals surface area (Å²) in [4.78, 5) is 4.41. The van der Waals surface area contributed by atoms with Gasteiger partial charge in [-0.3, -0.25) is 0 Å². The van der Waals surface area contributed by atoms with Crippen LogP contribution in [0, 0.1) is 6.92 Å². The van der Waals surface area contributed by atoms with Crippen LogP contribution in [0.15, 0.2) is 5.38 Å². The molecule has 1 aromatic rings. The van der Waals surface area contributed by atoms with Crippen LogP contribution in [0.5, 0.6) is 0 Å². The third-order valence-electron chi connectivity index (χ3n) is 2.21. The normalized spacial score (nSPS) is 10.8.